The number of carbonyl (C=O) groups is 2. The minimum absolute atomic E-state index is 0.140. The van der Waals surface area contributed by atoms with Crippen LogP contribution in [-0.4, -0.2) is 44.3 Å². The Labute approximate surface area is 165 Å². The zero-order chi connectivity index (χ0) is 20.1. The van der Waals surface area contributed by atoms with Crippen LogP contribution in [-0.2, 0) is 9.53 Å². The summed E-state index contributed by atoms with van der Waals surface area (Å²) in [6.07, 6.45) is 1.91. The number of nitrogens with one attached hydrogen (secondary N) is 1. The summed E-state index contributed by atoms with van der Waals surface area (Å²) < 4.78 is 5.31. The maximum Gasteiger partial charge on any atom is 0.414 e. The lowest BCUT2D eigenvalue weighted by atomic mass is 9.97. The van der Waals surface area contributed by atoms with E-state index in [2.05, 4.69) is 16.3 Å². The zero-order valence-corrected chi connectivity index (χ0v) is 16.4. The number of nitrogens with zero attached hydrogens (tertiary/aromatic N) is 3. The number of benzene rings is 1. The first-order valence-electron chi connectivity index (χ1n) is 9.70. The Morgan fingerprint density at radius 3 is 2.46 bits per heavy atom. The molecule has 7 heteroatoms. The second-order valence-corrected chi connectivity index (χ2v) is 7.10. The van der Waals surface area contributed by atoms with Gasteiger partial charge in [0.2, 0.25) is 5.91 Å². The fraction of sp³-hybridized carbons (Fsp3) is 0.476. The van der Waals surface area contributed by atoms with E-state index in [9.17, 15) is 14.9 Å². The lowest BCUT2D eigenvalue weighted by molar-refractivity contribution is -0.119. The van der Waals surface area contributed by atoms with E-state index in [0.717, 1.165) is 49.3 Å². The van der Waals surface area contributed by atoms with Crippen LogP contribution in [0.15, 0.2) is 35.4 Å². The first kappa shape index (κ1) is 19.7. The zero-order valence-electron chi connectivity index (χ0n) is 16.4. The highest BCUT2D eigenvalue weighted by molar-refractivity contribution is 5.90. The summed E-state index contributed by atoms with van der Waals surface area (Å²) in [6.45, 7) is 6.00. The molecule has 2 heterocycles. The van der Waals surface area contributed by atoms with Crippen LogP contribution in [0.25, 0.3) is 0 Å². The van der Waals surface area contributed by atoms with Gasteiger partial charge in [-0.3, -0.25) is 9.69 Å². The predicted molar refractivity (Wildman–Crippen MR) is 107 cm³/mol. The number of allylic oxidation sites excluding steroid dienone is 1. The topological polar surface area (TPSA) is 85.7 Å². The quantitative estimate of drug-likeness (QED) is 0.791. The van der Waals surface area contributed by atoms with Crippen molar-refractivity contribution < 1.29 is 14.3 Å². The van der Waals surface area contributed by atoms with Gasteiger partial charge in [-0.25, -0.2) is 4.79 Å². The third-order valence-electron chi connectivity index (χ3n) is 5.26. The van der Waals surface area contributed by atoms with Gasteiger partial charge in [-0.1, -0.05) is 12.5 Å². The summed E-state index contributed by atoms with van der Waals surface area (Å²) in [5.41, 5.74) is 4.11. The molecule has 28 heavy (non-hydrogen) atoms. The van der Waals surface area contributed by atoms with Gasteiger partial charge in [0.15, 0.2) is 0 Å². The lowest BCUT2D eigenvalue weighted by Gasteiger charge is -2.31. The summed E-state index contributed by atoms with van der Waals surface area (Å²) in [5, 5.41) is 11.9. The van der Waals surface area contributed by atoms with Crippen molar-refractivity contribution >= 4 is 23.4 Å². The molecule has 2 aliphatic rings. The molecule has 0 radical (unpaired) electrons. The van der Waals surface area contributed by atoms with Crippen LogP contribution in [0.1, 0.15) is 33.1 Å². The molecule has 0 spiro atoms. The number of piperidine rings is 1. The SMILES string of the molecule is CCC(C#N)=C1CCN(c2ccc(N3C[C@H](CNC(C)=O)OC3=O)cc2)CC1. The Kier molecular flexibility index (Phi) is 6.19. The Morgan fingerprint density at radius 1 is 1.25 bits per heavy atom. The molecule has 1 atom stereocenters. The molecule has 1 aromatic carbocycles. The fourth-order valence-electron chi connectivity index (χ4n) is 3.68. The summed E-state index contributed by atoms with van der Waals surface area (Å²) >= 11 is 0. The normalized spacial score (nSPS) is 19.2. The summed E-state index contributed by atoms with van der Waals surface area (Å²) in [6, 6.07) is 10.2. The predicted octanol–water partition coefficient (Wildman–Crippen LogP) is 2.98. The molecule has 3 rings (SSSR count). The summed E-state index contributed by atoms with van der Waals surface area (Å²) in [7, 11) is 0. The number of rotatable bonds is 5. The van der Waals surface area contributed by atoms with E-state index < -0.39 is 0 Å². The number of hydrogen-bond acceptors (Lipinski definition) is 5. The number of nitriles is 1. The van der Waals surface area contributed by atoms with Gasteiger partial charge < -0.3 is 15.0 Å². The molecule has 2 fully saturated rings. The molecule has 0 aromatic heterocycles. The van der Waals surface area contributed by atoms with Gasteiger partial charge in [-0.05, 0) is 43.5 Å². The van der Waals surface area contributed by atoms with Gasteiger partial charge in [0.25, 0.3) is 0 Å². The number of anilines is 2. The van der Waals surface area contributed by atoms with E-state index in [0.29, 0.717) is 13.1 Å². The van der Waals surface area contributed by atoms with Crippen LogP contribution in [0, 0.1) is 11.3 Å². The maximum absolute atomic E-state index is 12.1. The van der Waals surface area contributed by atoms with Crippen molar-refractivity contribution in [1.29, 1.82) is 5.26 Å². The molecule has 1 N–H and O–H groups in total. The highest BCUT2D eigenvalue weighted by Crippen LogP contribution is 2.28. The monoisotopic (exact) mass is 382 g/mol. The molecule has 0 bridgehead atoms. The van der Waals surface area contributed by atoms with E-state index in [1.807, 2.05) is 31.2 Å². The van der Waals surface area contributed by atoms with Gasteiger partial charge in [-0.2, -0.15) is 5.26 Å². The summed E-state index contributed by atoms with van der Waals surface area (Å²) in [4.78, 5) is 27.0. The van der Waals surface area contributed by atoms with Crippen molar-refractivity contribution in [3.05, 3.63) is 35.4 Å². The number of ether oxygens (including phenoxy) is 1. The van der Waals surface area contributed by atoms with Crippen LogP contribution < -0.4 is 15.1 Å². The molecule has 0 aliphatic carbocycles. The molecule has 2 saturated heterocycles. The highest BCUT2D eigenvalue weighted by Gasteiger charge is 2.32. The number of hydrogen-bond donors (Lipinski definition) is 1. The Hall–Kier alpha value is -3.01. The third-order valence-corrected chi connectivity index (χ3v) is 5.26. The van der Waals surface area contributed by atoms with Gasteiger partial charge >= 0.3 is 6.09 Å². The van der Waals surface area contributed by atoms with Crippen LogP contribution in [0.2, 0.25) is 0 Å². The van der Waals surface area contributed by atoms with Crippen molar-refractivity contribution in [1.82, 2.24) is 5.32 Å². The minimum atomic E-state index is -0.389. The van der Waals surface area contributed by atoms with E-state index in [4.69, 9.17) is 4.74 Å². The van der Waals surface area contributed by atoms with E-state index in [1.165, 1.54) is 12.5 Å². The molecule has 2 aliphatic heterocycles. The standard InChI is InChI=1S/C21H26N4O3/c1-3-16(12-22)17-8-10-24(11-9-17)18-4-6-19(7-5-18)25-14-20(28-21(25)27)13-23-15(2)26/h4-7,20H,3,8-11,13-14H2,1-2H3,(H,23,26)/t20-/m0/s1. The van der Waals surface area contributed by atoms with Gasteiger partial charge in [0.05, 0.1) is 19.2 Å². The van der Waals surface area contributed by atoms with Gasteiger partial charge in [0.1, 0.15) is 6.10 Å². The van der Waals surface area contributed by atoms with Crippen LogP contribution in [0.5, 0.6) is 0 Å². The first-order valence-corrected chi connectivity index (χ1v) is 9.70. The second-order valence-electron chi connectivity index (χ2n) is 7.10. The number of cyclic esters (lactones) is 1. The Bertz CT molecular complexity index is 800. The van der Waals surface area contributed by atoms with Crippen LogP contribution in [0.3, 0.4) is 0 Å². The summed E-state index contributed by atoms with van der Waals surface area (Å²) in [5.74, 6) is -0.140. The lowest BCUT2D eigenvalue weighted by Crippen LogP contribution is -2.33. The molecule has 0 saturated carbocycles. The van der Waals surface area contributed by atoms with Crippen molar-refractivity contribution in [3.8, 4) is 6.07 Å². The minimum Gasteiger partial charge on any atom is -0.442 e. The molecule has 0 unspecified atom stereocenters. The fourth-order valence-corrected chi connectivity index (χ4v) is 3.68. The van der Waals surface area contributed by atoms with Crippen LogP contribution >= 0.6 is 0 Å². The van der Waals surface area contributed by atoms with Gasteiger partial charge in [0, 0.05) is 37.0 Å². The van der Waals surface area contributed by atoms with Crippen molar-refractivity contribution in [3.63, 3.8) is 0 Å². The second kappa shape index (κ2) is 8.79. The largest absolute Gasteiger partial charge is 0.442 e. The molecular formula is C21H26N4O3. The molecule has 2 amide bonds. The Balaban J connectivity index is 1.60. The Morgan fingerprint density at radius 2 is 1.89 bits per heavy atom. The first-order chi connectivity index (χ1) is 13.5. The molecule has 1 aromatic rings. The van der Waals surface area contributed by atoms with Crippen LogP contribution in [0.4, 0.5) is 16.2 Å². The maximum atomic E-state index is 12.1. The molecular weight excluding hydrogens is 356 g/mol. The average molecular weight is 382 g/mol. The van der Waals surface area contributed by atoms with Crippen molar-refractivity contribution in [2.24, 2.45) is 0 Å². The number of amides is 2. The molecule has 7 nitrogen and oxygen atoms in total. The molecule has 148 valence electrons. The van der Waals surface area contributed by atoms with E-state index in [1.54, 1.807) is 4.90 Å². The average Bonchev–Trinajstić information content (AvgIpc) is 3.09. The van der Waals surface area contributed by atoms with Crippen molar-refractivity contribution in [2.75, 3.05) is 36.0 Å². The van der Waals surface area contributed by atoms with E-state index >= 15 is 0 Å². The van der Waals surface area contributed by atoms with Gasteiger partial charge in [-0.15, -0.1) is 0 Å². The smallest absolute Gasteiger partial charge is 0.414 e. The van der Waals surface area contributed by atoms with Crippen molar-refractivity contribution in [2.45, 2.75) is 39.2 Å². The van der Waals surface area contributed by atoms with E-state index in [-0.39, 0.29) is 18.1 Å². The highest BCUT2D eigenvalue weighted by atomic mass is 16.6. The number of carbonyl (C=O) groups excluding carboxylic acids is 2. The third kappa shape index (κ3) is 4.45.